The summed E-state index contributed by atoms with van der Waals surface area (Å²) in [5, 5.41) is 14.1. The summed E-state index contributed by atoms with van der Waals surface area (Å²) in [6, 6.07) is 9.52. The number of β-amino-alcohol motifs (C(OH)–C–C–N with tert-alkyl or cyclic N) is 1. The van der Waals surface area contributed by atoms with Gasteiger partial charge >= 0.3 is 0 Å². The van der Waals surface area contributed by atoms with Crippen LogP contribution in [0.3, 0.4) is 0 Å². The van der Waals surface area contributed by atoms with Gasteiger partial charge in [-0.3, -0.25) is 4.90 Å². The normalized spacial score (nSPS) is 19.2. The molecule has 0 aliphatic carbocycles. The molecule has 3 rings (SSSR count). The minimum Gasteiger partial charge on any atom is -0.491 e. The van der Waals surface area contributed by atoms with Gasteiger partial charge in [-0.2, -0.15) is 0 Å². The number of likely N-dealkylation sites (N-methyl/N-ethyl adjacent to an activating group) is 1. The largest absolute Gasteiger partial charge is 0.491 e. The smallest absolute Gasteiger partial charge is 0.134 e. The lowest BCUT2D eigenvalue weighted by Crippen LogP contribution is -2.43. The summed E-state index contributed by atoms with van der Waals surface area (Å²) < 4.78 is 17.4. The maximum Gasteiger partial charge on any atom is 0.134 e. The van der Waals surface area contributed by atoms with Crippen LogP contribution in [0.2, 0.25) is 0 Å². The quantitative estimate of drug-likeness (QED) is 0.679. The highest BCUT2D eigenvalue weighted by molar-refractivity contribution is 5.49. The molecule has 0 saturated carbocycles. The van der Waals surface area contributed by atoms with Crippen molar-refractivity contribution in [3.8, 4) is 5.75 Å². The Bertz CT molecular complexity index is 761. The predicted octanol–water partition coefficient (Wildman–Crippen LogP) is 1.94. The summed E-state index contributed by atoms with van der Waals surface area (Å²) >= 11 is 0. The Morgan fingerprint density at radius 3 is 2.82 bits per heavy atom. The second-order valence-corrected chi connectivity index (χ2v) is 7.26. The van der Waals surface area contributed by atoms with E-state index in [0.29, 0.717) is 31.8 Å². The number of rotatable bonds is 9. The van der Waals surface area contributed by atoms with Gasteiger partial charge in [0, 0.05) is 39.3 Å². The molecule has 1 saturated heterocycles. The molecule has 1 aliphatic heterocycles. The summed E-state index contributed by atoms with van der Waals surface area (Å²) in [5.74, 6) is 2.25. The van der Waals surface area contributed by atoms with Crippen molar-refractivity contribution in [2.75, 3.05) is 57.2 Å². The van der Waals surface area contributed by atoms with Crippen LogP contribution in [0.15, 0.2) is 36.7 Å². The number of aromatic nitrogens is 2. The van der Waals surface area contributed by atoms with Gasteiger partial charge in [-0.1, -0.05) is 12.1 Å². The summed E-state index contributed by atoms with van der Waals surface area (Å²) in [5.41, 5.74) is 0.326. The first-order valence-electron chi connectivity index (χ1n) is 9.45. The molecule has 1 aromatic heterocycles. The zero-order valence-corrected chi connectivity index (χ0v) is 16.4. The molecule has 0 radical (unpaired) electrons. The van der Waals surface area contributed by atoms with E-state index >= 15 is 0 Å². The molecular weight excluding hydrogens is 361 g/mol. The Hall–Kier alpha value is -2.45. The number of nitrogens with one attached hydrogen (secondary N) is 1. The average Bonchev–Trinajstić information content (AvgIpc) is 3.09. The second kappa shape index (κ2) is 9.16. The lowest BCUT2D eigenvalue weighted by molar-refractivity contribution is 0.0279. The van der Waals surface area contributed by atoms with Crippen molar-refractivity contribution in [3.63, 3.8) is 0 Å². The van der Waals surface area contributed by atoms with Gasteiger partial charge in [0.05, 0.1) is 5.60 Å². The predicted molar refractivity (Wildman–Crippen MR) is 108 cm³/mol. The summed E-state index contributed by atoms with van der Waals surface area (Å²) in [4.78, 5) is 12.7. The number of nitrogens with zero attached hydrogens (tertiary/aromatic N) is 4. The van der Waals surface area contributed by atoms with Gasteiger partial charge in [-0.05, 0) is 31.2 Å². The summed E-state index contributed by atoms with van der Waals surface area (Å²) in [7, 11) is 3.82. The number of aliphatic hydroxyl groups is 1. The van der Waals surface area contributed by atoms with Crippen LogP contribution in [0.5, 0.6) is 5.75 Å². The Balaban J connectivity index is 1.54. The molecule has 2 heterocycles. The molecule has 2 aromatic rings. The van der Waals surface area contributed by atoms with E-state index in [4.69, 9.17) is 4.74 Å². The van der Waals surface area contributed by atoms with Crippen LogP contribution in [0.4, 0.5) is 16.0 Å². The van der Waals surface area contributed by atoms with Gasteiger partial charge in [0.2, 0.25) is 0 Å². The van der Waals surface area contributed by atoms with Crippen LogP contribution in [0.25, 0.3) is 0 Å². The lowest BCUT2D eigenvalue weighted by atomic mass is 10.0. The minimum absolute atomic E-state index is 0.0743. The summed E-state index contributed by atoms with van der Waals surface area (Å²) in [6.45, 7) is 2.14. The lowest BCUT2D eigenvalue weighted by Gasteiger charge is -2.29. The van der Waals surface area contributed by atoms with E-state index < -0.39 is 12.3 Å². The first-order chi connectivity index (χ1) is 13.5. The summed E-state index contributed by atoms with van der Waals surface area (Å²) in [6.07, 6.45) is 2.22. The van der Waals surface area contributed by atoms with E-state index in [0.717, 1.165) is 23.7 Å². The number of benzene rings is 1. The van der Waals surface area contributed by atoms with Crippen LogP contribution in [-0.2, 0) is 6.54 Å². The zero-order chi connectivity index (χ0) is 20.0. The van der Waals surface area contributed by atoms with Gasteiger partial charge < -0.3 is 20.1 Å². The van der Waals surface area contributed by atoms with Gasteiger partial charge in [0.25, 0.3) is 0 Å². The highest BCUT2D eigenvalue weighted by atomic mass is 19.1. The molecule has 1 fully saturated rings. The first-order valence-corrected chi connectivity index (χ1v) is 9.45. The van der Waals surface area contributed by atoms with Gasteiger partial charge in [0.1, 0.15) is 37.0 Å². The molecule has 7 nitrogen and oxygen atoms in total. The van der Waals surface area contributed by atoms with Crippen LogP contribution >= 0.6 is 0 Å². The molecular formula is C20H28FN5O2. The number of ether oxygens (including phenoxy) is 1. The van der Waals surface area contributed by atoms with E-state index in [9.17, 15) is 9.50 Å². The van der Waals surface area contributed by atoms with Crippen molar-refractivity contribution in [2.24, 2.45) is 0 Å². The van der Waals surface area contributed by atoms with Gasteiger partial charge in [-0.25, -0.2) is 14.4 Å². The van der Waals surface area contributed by atoms with Gasteiger partial charge in [-0.15, -0.1) is 0 Å². The molecule has 0 unspecified atom stereocenters. The van der Waals surface area contributed by atoms with Crippen molar-refractivity contribution in [3.05, 3.63) is 42.2 Å². The van der Waals surface area contributed by atoms with Crippen molar-refractivity contribution < 1.29 is 14.2 Å². The SMILES string of the molecule is CNc1cc(N2CC[C@](O)(CN(C)Cc3ccc(OCCF)cc3)C2)ncn1. The molecule has 28 heavy (non-hydrogen) atoms. The Morgan fingerprint density at radius 1 is 1.32 bits per heavy atom. The molecule has 1 aromatic carbocycles. The highest BCUT2D eigenvalue weighted by Gasteiger charge is 2.37. The molecule has 0 bridgehead atoms. The third-order valence-corrected chi connectivity index (χ3v) is 4.85. The Kier molecular flexibility index (Phi) is 6.64. The van der Waals surface area contributed by atoms with Crippen molar-refractivity contribution in [2.45, 2.75) is 18.6 Å². The molecule has 2 N–H and O–H groups in total. The third-order valence-electron chi connectivity index (χ3n) is 4.85. The first kappa shape index (κ1) is 20.3. The molecule has 1 atom stereocenters. The van der Waals surface area contributed by atoms with Crippen LogP contribution in [-0.4, -0.2) is 72.6 Å². The second-order valence-electron chi connectivity index (χ2n) is 7.26. The van der Waals surface area contributed by atoms with Crippen molar-refractivity contribution >= 4 is 11.6 Å². The van der Waals surface area contributed by atoms with E-state index in [1.165, 1.54) is 6.33 Å². The maximum absolute atomic E-state index is 12.2. The maximum atomic E-state index is 12.2. The highest BCUT2D eigenvalue weighted by Crippen LogP contribution is 2.27. The van der Waals surface area contributed by atoms with E-state index in [-0.39, 0.29) is 6.61 Å². The monoisotopic (exact) mass is 389 g/mol. The fourth-order valence-electron chi connectivity index (χ4n) is 3.56. The van der Waals surface area contributed by atoms with Crippen molar-refractivity contribution in [1.29, 1.82) is 0 Å². The van der Waals surface area contributed by atoms with Gasteiger partial charge in [0.15, 0.2) is 0 Å². The molecule has 1 aliphatic rings. The van der Waals surface area contributed by atoms with Crippen LogP contribution in [0, 0.1) is 0 Å². The average molecular weight is 389 g/mol. The topological polar surface area (TPSA) is 73.8 Å². The number of anilines is 2. The minimum atomic E-state index is -0.788. The van der Waals surface area contributed by atoms with Crippen LogP contribution in [0.1, 0.15) is 12.0 Å². The zero-order valence-electron chi connectivity index (χ0n) is 16.4. The number of alkyl halides is 1. The fraction of sp³-hybridized carbons (Fsp3) is 0.500. The van der Waals surface area contributed by atoms with Crippen LogP contribution < -0.4 is 15.0 Å². The molecule has 8 heteroatoms. The standard InChI is InChI=1S/C20H28FN5O2/c1-22-18-11-19(24-15-23-18)26-9-7-20(27,14-26)13-25(2)12-16-3-5-17(6-4-16)28-10-8-21/h3-6,11,15,27H,7-10,12-14H2,1-2H3,(H,22,23,24)/t20-/m0/s1. The molecule has 152 valence electrons. The van der Waals surface area contributed by atoms with E-state index in [1.54, 1.807) is 0 Å². The third kappa shape index (κ3) is 5.30. The molecule has 0 spiro atoms. The number of halogens is 1. The fourth-order valence-corrected chi connectivity index (χ4v) is 3.56. The number of hydrogen-bond donors (Lipinski definition) is 2. The molecule has 0 amide bonds. The Morgan fingerprint density at radius 2 is 2.11 bits per heavy atom. The Labute approximate surface area is 165 Å². The van der Waals surface area contributed by atoms with E-state index in [1.807, 2.05) is 44.4 Å². The van der Waals surface area contributed by atoms with Crippen molar-refractivity contribution in [1.82, 2.24) is 14.9 Å². The number of hydrogen-bond acceptors (Lipinski definition) is 7. The van der Waals surface area contributed by atoms with E-state index in [2.05, 4.69) is 25.1 Å².